The second-order valence-corrected chi connectivity index (χ2v) is 6.66. The van der Waals surface area contributed by atoms with Crippen LogP contribution in [0.25, 0.3) is 0 Å². The molecule has 6 nitrogen and oxygen atoms in total. The monoisotopic (exact) mass is 388 g/mol. The number of imide groups is 1. The van der Waals surface area contributed by atoms with Gasteiger partial charge in [-0.1, -0.05) is 23.7 Å². The minimum Gasteiger partial charge on any atom is -0.497 e. The molecule has 1 aliphatic rings. The number of nitrogens with one attached hydrogen (secondary N) is 1. The van der Waals surface area contributed by atoms with Crippen LogP contribution < -0.4 is 19.7 Å². The summed E-state index contributed by atoms with van der Waals surface area (Å²) in [5.41, 5.74) is 1.56. The summed E-state index contributed by atoms with van der Waals surface area (Å²) in [5, 5.41) is 3.86. The topological polar surface area (TPSA) is 67.9 Å². The van der Waals surface area contributed by atoms with Crippen LogP contribution in [0.2, 0.25) is 5.02 Å². The van der Waals surface area contributed by atoms with E-state index in [1.807, 2.05) is 24.3 Å². The zero-order valence-corrected chi connectivity index (χ0v) is 16.0. The summed E-state index contributed by atoms with van der Waals surface area (Å²) >= 11 is 5.88. The standard InChI is InChI=1S/C20H21ClN2O4/c1-26-16-9-15(10-17(11-16)27-2)23-19(24)12-18(20(23)25)22-8-7-13-3-5-14(21)6-4-13/h3-6,9-11,18,22H,7-8,12H2,1-2H3/t18-/m1/s1. The van der Waals surface area contributed by atoms with Crippen LogP contribution in [0.3, 0.4) is 0 Å². The van der Waals surface area contributed by atoms with E-state index >= 15 is 0 Å². The Kier molecular flexibility index (Phi) is 5.98. The van der Waals surface area contributed by atoms with Crippen molar-refractivity contribution in [2.24, 2.45) is 0 Å². The van der Waals surface area contributed by atoms with Gasteiger partial charge in [-0.15, -0.1) is 0 Å². The maximum atomic E-state index is 12.7. The smallest absolute Gasteiger partial charge is 0.251 e. The van der Waals surface area contributed by atoms with E-state index in [1.165, 1.54) is 19.1 Å². The molecule has 1 N–H and O–H groups in total. The van der Waals surface area contributed by atoms with Gasteiger partial charge in [-0.3, -0.25) is 9.59 Å². The first-order chi connectivity index (χ1) is 13.0. The summed E-state index contributed by atoms with van der Waals surface area (Å²) in [7, 11) is 3.04. The number of carbonyl (C=O) groups is 2. The molecular weight excluding hydrogens is 368 g/mol. The number of hydrogen-bond donors (Lipinski definition) is 1. The van der Waals surface area contributed by atoms with Crippen LogP contribution >= 0.6 is 11.6 Å². The predicted octanol–water partition coefficient (Wildman–Crippen LogP) is 2.82. The highest BCUT2D eigenvalue weighted by Gasteiger charge is 2.39. The van der Waals surface area contributed by atoms with Crippen LogP contribution in [0.1, 0.15) is 12.0 Å². The number of nitrogens with zero attached hydrogens (tertiary/aromatic N) is 1. The molecule has 0 bridgehead atoms. The van der Waals surface area contributed by atoms with Gasteiger partial charge in [-0.05, 0) is 30.7 Å². The third-order valence-corrected chi connectivity index (χ3v) is 4.71. The van der Waals surface area contributed by atoms with Crippen molar-refractivity contribution >= 4 is 29.1 Å². The normalized spacial score (nSPS) is 16.7. The van der Waals surface area contributed by atoms with Crippen molar-refractivity contribution < 1.29 is 19.1 Å². The third-order valence-electron chi connectivity index (χ3n) is 4.46. The van der Waals surface area contributed by atoms with Gasteiger partial charge in [0.1, 0.15) is 11.5 Å². The van der Waals surface area contributed by atoms with E-state index in [0.717, 1.165) is 12.0 Å². The minimum atomic E-state index is -0.540. The molecule has 27 heavy (non-hydrogen) atoms. The molecule has 3 rings (SSSR count). The van der Waals surface area contributed by atoms with Crippen LogP contribution in [0.5, 0.6) is 11.5 Å². The molecule has 1 aliphatic heterocycles. The van der Waals surface area contributed by atoms with Crippen LogP contribution in [0.15, 0.2) is 42.5 Å². The Morgan fingerprint density at radius 1 is 1.07 bits per heavy atom. The summed E-state index contributed by atoms with van der Waals surface area (Å²) < 4.78 is 10.4. The molecule has 7 heteroatoms. The van der Waals surface area contributed by atoms with E-state index in [1.54, 1.807) is 18.2 Å². The van der Waals surface area contributed by atoms with Crippen LogP contribution in [-0.2, 0) is 16.0 Å². The molecule has 1 heterocycles. The lowest BCUT2D eigenvalue weighted by atomic mass is 10.1. The van der Waals surface area contributed by atoms with Gasteiger partial charge >= 0.3 is 0 Å². The molecule has 0 aromatic heterocycles. The highest BCUT2D eigenvalue weighted by Crippen LogP contribution is 2.31. The first kappa shape index (κ1) is 19.2. The van der Waals surface area contributed by atoms with E-state index in [4.69, 9.17) is 21.1 Å². The average molecular weight is 389 g/mol. The third kappa shape index (κ3) is 4.40. The van der Waals surface area contributed by atoms with Crippen molar-refractivity contribution in [1.82, 2.24) is 5.32 Å². The van der Waals surface area contributed by atoms with Gasteiger partial charge in [0.05, 0.1) is 32.4 Å². The average Bonchev–Trinajstić information content (AvgIpc) is 2.96. The Morgan fingerprint density at radius 2 is 1.70 bits per heavy atom. The minimum absolute atomic E-state index is 0.124. The van der Waals surface area contributed by atoms with E-state index in [-0.39, 0.29) is 18.2 Å². The van der Waals surface area contributed by atoms with E-state index in [2.05, 4.69) is 5.32 Å². The number of methoxy groups -OCH3 is 2. The molecule has 0 unspecified atom stereocenters. The SMILES string of the molecule is COc1cc(OC)cc(N2C(=O)C[C@@H](NCCc3ccc(Cl)cc3)C2=O)c1. The summed E-state index contributed by atoms with van der Waals surface area (Å²) in [6.45, 7) is 0.584. The zero-order chi connectivity index (χ0) is 19.4. The molecule has 1 atom stereocenters. The number of carbonyl (C=O) groups excluding carboxylic acids is 2. The van der Waals surface area contributed by atoms with Crippen molar-refractivity contribution in [3.05, 3.63) is 53.1 Å². The molecule has 2 aromatic rings. The highest BCUT2D eigenvalue weighted by atomic mass is 35.5. The van der Waals surface area contributed by atoms with Crippen LogP contribution in [0, 0.1) is 0 Å². The molecular formula is C20H21ClN2O4. The van der Waals surface area contributed by atoms with E-state index in [0.29, 0.717) is 28.8 Å². The lowest BCUT2D eigenvalue weighted by molar-refractivity contribution is -0.121. The van der Waals surface area contributed by atoms with Gasteiger partial charge in [-0.25, -0.2) is 4.90 Å². The zero-order valence-electron chi connectivity index (χ0n) is 15.2. The molecule has 1 fully saturated rings. The quantitative estimate of drug-likeness (QED) is 0.739. The van der Waals surface area contributed by atoms with Gasteiger partial charge in [0, 0.05) is 23.2 Å². The number of ether oxygens (including phenoxy) is 2. The molecule has 0 aliphatic carbocycles. The second kappa shape index (κ2) is 8.41. The number of halogens is 1. The summed E-state index contributed by atoms with van der Waals surface area (Å²) in [6.07, 6.45) is 0.862. The molecule has 0 radical (unpaired) electrons. The van der Waals surface area contributed by atoms with Crippen LogP contribution in [0.4, 0.5) is 5.69 Å². The fourth-order valence-electron chi connectivity index (χ4n) is 3.03. The van der Waals surface area contributed by atoms with Gasteiger partial charge in [0.2, 0.25) is 5.91 Å². The maximum Gasteiger partial charge on any atom is 0.251 e. The summed E-state index contributed by atoms with van der Waals surface area (Å²) in [5.74, 6) is 0.513. The fraction of sp³-hybridized carbons (Fsp3) is 0.300. The van der Waals surface area contributed by atoms with Crippen molar-refractivity contribution in [1.29, 1.82) is 0 Å². The Balaban J connectivity index is 1.67. The van der Waals surface area contributed by atoms with Crippen molar-refractivity contribution in [2.75, 3.05) is 25.7 Å². The molecule has 0 saturated carbocycles. The maximum absolute atomic E-state index is 12.7. The fourth-order valence-corrected chi connectivity index (χ4v) is 3.15. The van der Waals surface area contributed by atoms with Gasteiger partial charge < -0.3 is 14.8 Å². The second-order valence-electron chi connectivity index (χ2n) is 6.23. The summed E-state index contributed by atoms with van der Waals surface area (Å²) in [4.78, 5) is 26.4. The number of rotatable bonds is 7. The van der Waals surface area contributed by atoms with Crippen LogP contribution in [-0.4, -0.2) is 38.6 Å². The largest absolute Gasteiger partial charge is 0.497 e. The van der Waals surface area contributed by atoms with Crippen molar-refractivity contribution in [2.45, 2.75) is 18.9 Å². The summed E-state index contributed by atoms with van der Waals surface area (Å²) in [6, 6.07) is 12.0. The molecule has 0 spiro atoms. The van der Waals surface area contributed by atoms with Gasteiger partial charge in [0.25, 0.3) is 5.91 Å². The van der Waals surface area contributed by atoms with E-state index in [9.17, 15) is 9.59 Å². The number of anilines is 1. The lowest BCUT2D eigenvalue weighted by Gasteiger charge is -2.17. The first-order valence-electron chi connectivity index (χ1n) is 8.59. The molecule has 1 saturated heterocycles. The van der Waals surface area contributed by atoms with Gasteiger partial charge in [0.15, 0.2) is 0 Å². The lowest BCUT2D eigenvalue weighted by Crippen LogP contribution is -2.39. The Bertz CT molecular complexity index is 816. The number of hydrogen-bond acceptors (Lipinski definition) is 5. The number of benzene rings is 2. The van der Waals surface area contributed by atoms with Gasteiger partial charge in [-0.2, -0.15) is 0 Å². The number of amides is 2. The molecule has 2 aromatic carbocycles. The van der Waals surface area contributed by atoms with Crippen molar-refractivity contribution in [3.63, 3.8) is 0 Å². The van der Waals surface area contributed by atoms with E-state index < -0.39 is 6.04 Å². The van der Waals surface area contributed by atoms with Crippen molar-refractivity contribution in [3.8, 4) is 11.5 Å². The first-order valence-corrected chi connectivity index (χ1v) is 8.97. The predicted molar refractivity (Wildman–Crippen MR) is 104 cm³/mol. The highest BCUT2D eigenvalue weighted by molar-refractivity contribution is 6.30. The molecule has 2 amide bonds. The Labute approximate surface area is 163 Å². The molecule has 142 valence electrons. The Hall–Kier alpha value is -2.57. The Morgan fingerprint density at radius 3 is 2.30 bits per heavy atom.